The summed E-state index contributed by atoms with van der Waals surface area (Å²) in [6, 6.07) is 1.00. The van der Waals surface area contributed by atoms with Crippen LogP contribution >= 0.6 is 11.6 Å². The summed E-state index contributed by atoms with van der Waals surface area (Å²) in [6.45, 7) is 0.865. The fourth-order valence-electron chi connectivity index (χ4n) is 1.89. The van der Waals surface area contributed by atoms with Gasteiger partial charge >= 0.3 is 0 Å². The predicted molar refractivity (Wildman–Crippen MR) is 62.7 cm³/mol. The first-order valence-electron chi connectivity index (χ1n) is 5.63. The topological polar surface area (TPSA) is 29.5 Å². The zero-order chi connectivity index (χ0) is 14.0. The van der Waals surface area contributed by atoms with Crippen LogP contribution in [0.2, 0.25) is 0 Å². The maximum absolute atomic E-state index is 13.1. The van der Waals surface area contributed by atoms with Crippen molar-refractivity contribution in [3.05, 3.63) is 35.1 Å². The highest BCUT2D eigenvalue weighted by atomic mass is 35.5. The molecule has 0 N–H and O–H groups in total. The van der Waals surface area contributed by atoms with Crippen molar-refractivity contribution in [3.63, 3.8) is 0 Å². The second kappa shape index (κ2) is 5.79. The number of morpholine rings is 1. The molecule has 19 heavy (non-hydrogen) atoms. The van der Waals surface area contributed by atoms with Gasteiger partial charge in [0.05, 0.1) is 19.3 Å². The Morgan fingerprint density at radius 2 is 2.00 bits per heavy atom. The molecule has 1 heterocycles. The number of hydrogen-bond acceptors (Lipinski definition) is 2. The average molecular weight is 294 g/mol. The van der Waals surface area contributed by atoms with Crippen molar-refractivity contribution < 1.29 is 22.7 Å². The van der Waals surface area contributed by atoms with Crippen LogP contribution in [0.15, 0.2) is 12.1 Å². The molecule has 0 spiro atoms. The summed E-state index contributed by atoms with van der Waals surface area (Å²) in [6.07, 6.45) is 0. The molecule has 3 nitrogen and oxygen atoms in total. The van der Waals surface area contributed by atoms with Crippen molar-refractivity contribution in [1.82, 2.24) is 4.90 Å². The maximum atomic E-state index is 13.1. The quantitative estimate of drug-likeness (QED) is 0.618. The fraction of sp³-hybridized carbons (Fsp3) is 0.417. The summed E-state index contributed by atoms with van der Waals surface area (Å²) >= 11 is 5.71. The summed E-state index contributed by atoms with van der Waals surface area (Å²) in [4.78, 5) is 13.5. The Hall–Kier alpha value is -1.27. The molecule has 7 heteroatoms. The molecule has 1 aromatic carbocycles. The number of carbonyl (C=O) groups is 1. The largest absolute Gasteiger partial charge is 0.377 e. The molecule has 0 aliphatic carbocycles. The summed E-state index contributed by atoms with van der Waals surface area (Å²) in [7, 11) is 0. The van der Waals surface area contributed by atoms with Crippen LogP contribution in [0, 0.1) is 17.5 Å². The predicted octanol–water partition coefficient (Wildman–Crippen LogP) is 2.18. The van der Waals surface area contributed by atoms with Crippen molar-refractivity contribution in [2.45, 2.75) is 6.04 Å². The summed E-state index contributed by atoms with van der Waals surface area (Å²) in [5, 5.41) is 0. The van der Waals surface area contributed by atoms with E-state index < -0.39 is 23.4 Å². The molecule has 1 amide bonds. The Balaban J connectivity index is 2.28. The van der Waals surface area contributed by atoms with Gasteiger partial charge in [-0.1, -0.05) is 0 Å². The fourth-order valence-corrected chi connectivity index (χ4v) is 2.15. The minimum Gasteiger partial charge on any atom is -0.377 e. The molecule has 1 saturated heterocycles. The van der Waals surface area contributed by atoms with Gasteiger partial charge < -0.3 is 9.64 Å². The van der Waals surface area contributed by atoms with E-state index in [1.807, 2.05) is 0 Å². The zero-order valence-corrected chi connectivity index (χ0v) is 10.6. The van der Waals surface area contributed by atoms with Crippen molar-refractivity contribution in [2.75, 3.05) is 25.6 Å². The van der Waals surface area contributed by atoms with E-state index >= 15 is 0 Å². The number of benzene rings is 1. The number of nitrogens with zero attached hydrogens (tertiary/aromatic N) is 1. The van der Waals surface area contributed by atoms with E-state index in [4.69, 9.17) is 16.3 Å². The van der Waals surface area contributed by atoms with Gasteiger partial charge in [0, 0.05) is 18.0 Å². The molecule has 0 radical (unpaired) electrons. The molecule has 1 fully saturated rings. The van der Waals surface area contributed by atoms with Crippen molar-refractivity contribution in [2.24, 2.45) is 0 Å². The normalized spacial score (nSPS) is 19.6. The van der Waals surface area contributed by atoms with Gasteiger partial charge in [-0.15, -0.1) is 11.6 Å². The van der Waals surface area contributed by atoms with E-state index in [-0.39, 0.29) is 30.6 Å². The van der Waals surface area contributed by atoms with Crippen molar-refractivity contribution >= 4 is 17.5 Å². The van der Waals surface area contributed by atoms with E-state index in [1.165, 1.54) is 4.90 Å². The number of ether oxygens (including phenoxy) is 1. The lowest BCUT2D eigenvalue weighted by Gasteiger charge is -2.34. The van der Waals surface area contributed by atoms with Gasteiger partial charge in [-0.05, 0) is 12.1 Å². The van der Waals surface area contributed by atoms with Crippen LogP contribution in [0.5, 0.6) is 0 Å². The smallest absolute Gasteiger partial charge is 0.254 e. The Kier molecular flexibility index (Phi) is 4.31. The summed E-state index contributed by atoms with van der Waals surface area (Å²) in [5.74, 6) is -4.81. The first-order chi connectivity index (χ1) is 9.04. The Labute approximate surface area is 112 Å². The Morgan fingerprint density at radius 1 is 1.37 bits per heavy atom. The third kappa shape index (κ3) is 2.84. The second-order valence-electron chi connectivity index (χ2n) is 4.14. The molecule has 0 bridgehead atoms. The molecule has 104 valence electrons. The van der Waals surface area contributed by atoms with E-state index in [0.717, 1.165) is 0 Å². The standard InChI is InChI=1S/C12H11ClF3NO2/c13-5-8-6-19-2-1-17(8)12(18)7-3-9(14)11(16)10(15)4-7/h3-4,8H,1-2,5-6H2. The average Bonchev–Trinajstić information content (AvgIpc) is 2.43. The molecule has 2 rings (SSSR count). The molecule has 1 aliphatic heterocycles. The third-order valence-electron chi connectivity index (χ3n) is 2.90. The van der Waals surface area contributed by atoms with Gasteiger partial charge in [0.1, 0.15) is 0 Å². The zero-order valence-electron chi connectivity index (χ0n) is 9.84. The number of alkyl halides is 1. The molecule has 0 aromatic heterocycles. The SMILES string of the molecule is O=C(c1cc(F)c(F)c(F)c1)N1CCOCC1CCl. The van der Waals surface area contributed by atoms with E-state index in [2.05, 4.69) is 0 Å². The lowest BCUT2D eigenvalue weighted by molar-refractivity contribution is 0.00450. The number of halogens is 4. The number of amides is 1. The molecular formula is C12H11ClF3NO2. The van der Waals surface area contributed by atoms with E-state index in [0.29, 0.717) is 18.7 Å². The highest BCUT2D eigenvalue weighted by molar-refractivity contribution is 6.18. The van der Waals surface area contributed by atoms with Crippen LogP contribution in [-0.2, 0) is 4.74 Å². The molecule has 1 aromatic rings. The number of carbonyl (C=O) groups excluding carboxylic acids is 1. The van der Waals surface area contributed by atoms with Gasteiger partial charge in [-0.3, -0.25) is 4.79 Å². The summed E-state index contributed by atoms with van der Waals surface area (Å²) < 4.78 is 44.2. The van der Waals surface area contributed by atoms with Crippen LogP contribution in [0.4, 0.5) is 13.2 Å². The molecule has 1 atom stereocenters. The number of hydrogen-bond donors (Lipinski definition) is 0. The number of rotatable bonds is 2. The van der Waals surface area contributed by atoms with Crippen molar-refractivity contribution in [3.8, 4) is 0 Å². The van der Waals surface area contributed by atoms with E-state index in [1.54, 1.807) is 0 Å². The van der Waals surface area contributed by atoms with Crippen LogP contribution < -0.4 is 0 Å². The van der Waals surface area contributed by atoms with Gasteiger partial charge in [0.2, 0.25) is 0 Å². The highest BCUT2D eigenvalue weighted by Crippen LogP contribution is 2.18. The third-order valence-corrected chi connectivity index (χ3v) is 3.25. The first kappa shape index (κ1) is 14.1. The molecule has 0 saturated carbocycles. The second-order valence-corrected chi connectivity index (χ2v) is 4.44. The lowest BCUT2D eigenvalue weighted by atomic mass is 10.1. The van der Waals surface area contributed by atoms with Crippen LogP contribution in [0.25, 0.3) is 0 Å². The van der Waals surface area contributed by atoms with Gasteiger partial charge in [-0.2, -0.15) is 0 Å². The molecular weight excluding hydrogens is 283 g/mol. The summed E-state index contributed by atoms with van der Waals surface area (Å²) in [5.41, 5.74) is -0.242. The van der Waals surface area contributed by atoms with Crippen LogP contribution in [-0.4, -0.2) is 42.5 Å². The Bertz CT molecular complexity index is 475. The van der Waals surface area contributed by atoms with Gasteiger partial charge in [0.25, 0.3) is 5.91 Å². The van der Waals surface area contributed by atoms with Gasteiger partial charge in [0.15, 0.2) is 17.5 Å². The van der Waals surface area contributed by atoms with E-state index in [9.17, 15) is 18.0 Å². The Morgan fingerprint density at radius 3 is 2.58 bits per heavy atom. The monoisotopic (exact) mass is 293 g/mol. The van der Waals surface area contributed by atoms with Crippen LogP contribution in [0.3, 0.4) is 0 Å². The van der Waals surface area contributed by atoms with Crippen LogP contribution in [0.1, 0.15) is 10.4 Å². The molecule has 1 unspecified atom stereocenters. The molecule has 1 aliphatic rings. The first-order valence-corrected chi connectivity index (χ1v) is 6.17. The highest BCUT2D eigenvalue weighted by Gasteiger charge is 2.28. The lowest BCUT2D eigenvalue weighted by Crippen LogP contribution is -2.49. The minimum absolute atomic E-state index is 0.151. The minimum atomic E-state index is -1.59. The van der Waals surface area contributed by atoms with Gasteiger partial charge in [-0.25, -0.2) is 13.2 Å². The van der Waals surface area contributed by atoms with Crippen molar-refractivity contribution in [1.29, 1.82) is 0 Å². The maximum Gasteiger partial charge on any atom is 0.254 e.